The van der Waals surface area contributed by atoms with Gasteiger partial charge in [-0.25, -0.2) is 0 Å². The van der Waals surface area contributed by atoms with E-state index in [0.29, 0.717) is 5.75 Å². The molecular weight excluding hydrogens is 342 g/mol. The summed E-state index contributed by atoms with van der Waals surface area (Å²) in [5, 5.41) is 0. The molecule has 5 heteroatoms. The second kappa shape index (κ2) is 6.89. The minimum atomic E-state index is 0.0611. The average Bonchev–Trinajstić information content (AvgIpc) is 2.69. The highest BCUT2D eigenvalue weighted by Gasteiger charge is 2.35. The molecule has 1 atom stereocenters. The zero-order chi connectivity index (χ0) is 19.1. The van der Waals surface area contributed by atoms with Gasteiger partial charge in [-0.2, -0.15) is 0 Å². The average molecular weight is 367 g/mol. The van der Waals surface area contributed by atoms with Crippen LogP contribution in [0.25, 0.3) is 0 Å². The van der Waals surface area contributed by atoms with E-state index in [4.69, 9.17) is 14.2 Å². The standard InChI is InChI=1S/C22H25NO4/c1-13(24)22-17-12-23-8-7-15-10-20(26-3)21(27-4)11-16(15)18(23)9-14(17)5-6-19(22)25-2/h5-6,10-11,18H,7-9,12H2,1-4H3/t18-/m0/s1. The summed E-state index contributed by atoms with van der Waals surface area (Å²) in [6, 6.07) is 8.53. The van der Waals surface area contributed by atoms with Crippen LogP contribution in [0.2, 0.25) is 0 Å². The molecule has 0 unspecified atom stereocenters. The van der Waals surface area contributed by atoms with Crippen LogP contribution < -0.4 is 14.2 Å². The van der Waals surface area contributed by atoms with Gasteiger partial charge in [0, 0.05) is 19.1 Å². The first-order valence-electron chi connectivity index (χ1n) is 9.25. The van der Waals surface area contributed by atoms with Crippen LogP contribution in [0.1, 0.15) is 45.6 Å². The Balaban J connectivity index is 1.79. The highest BCUT2D eigenvalue weighted by Crippen LogP contribution is 2.43. The Kier molecular flexibility index (Phi) is 4.56. The van der Waals surface area contributed by atoms with Gasteiger partial charge in [0.05, 0.1) is 26.9 Å². The van der Waals surface area contributed by atoms with E-state index in [2.05, 4.69) is 23.1 Å². The number of Topliss-reactive ketones (excluding diaryl/α,β-unsaturated/α-hetero) is 1. The van der Waals surface area contributed by atoms with Crippen molar-refractivity contribution >= 4 is 5.78 Å². The quantitative estimate of drug-likeness (QED) is 0.773. The van der Waals surface area contributed by atoms with E-state index < -0.39 is 0 Å². The number of carbonyl (C=O) groups excluding carboxylic acids is 1. The van der Waals surface area contributed by atoms with E-state index in [-0.39, 0.29) is 11.8 Å². The molecule has 4 rings (SSSR count). The molecule has 0 aromatic heterocycles. The van der Waals surface area contributed by atoms with Crippen LogP contribution in [0.3, 0.4) is 0 Å². The molecule has 2 aliphatic heterocycles. The third-order valence-electron chi connectivity index (χ3n) is 5.83. The lowest BCUT2D eigenvalue weighted by atomic mass is 9.82. The zero-order valence-corrected chi connectivity index (χ0v) is 16.3. The molecule has 27 heavy (non-hydrogen) atoms. The van der Waals surface area contributed by atoms with E-state index in [1.807, 2.05) is 6.07 Å². The summed E-state index contributed by atoms with van der Waals surface area (Å²) in [5.41, 5.74) is 5.68. The molecule has 5 nitrogen and oxygen atoms in total. The lowest BCUT2D eigenvalue weighted by Crippen LogP contribution is -2.40. The number of fused-ring (bicyclic) bond motifs is 4. The summed E-state index contributed by atoms with van der Waals surface area (Å²) < 4.78 is 16.5. The zero-order valence-electron chi connectivity index (χ0n) is 16.3. The summed E-state index contributed by atoms with van der Waals surface area (Å²) in [7, 11) is 4.97. The first-order valence-corrected chi connectivity index (χ1v) is 9.25. The van der Waals surface area contributed by atoms with Crippen molar-refractivity contribution in [3.05, 3.63) is 52.1 Å². The van der Waals surface area contributed by atoms with E-state index in [1.54, 1.807) is 28.3 Å². The van der Waals surface area contributed by atoms with Crippen molar-refractivity contribution in [1.29, 1.82) is 0 Å². The Hall–Kier alpha value is -2.53. The second-order valence-electron chi connectivity index (χ2n) is 7.18. The number of ketones is 1. The Morgan fingerprint density at radius 3 is 2.37 bits per heavy atom. The molecule has 0 fully saturated rings. The molecular formula is C22H25NO4. The van der Waals surface area contributed by atoms with Crippen molar-refractivity contribution in [2.24, 2.45) is 0 Å². The number of benzene rings is 2. The second-order valence-corrected chi connectivity index (χ2v) is 7.18. The molecule has 0 aliphatic carbocycles. The number of ether oxygens (including phenoxy) is 3. The minimum Gasteiger partial charge on any atom is -0.496 e. The van der Waals surface area contributed by atoms with Gasteiger partial charge in [-0.15, -0.1) is 0 Å². The number of methoxy groups -OCH3 is 3. The van der Waals surface area contributed by atoms with Gasteiger partial charge in [0.15, 0.2) is 17.3 Å². The van der Waals surface area contributed by atoms with Gasteiger partial charge in [-0.3, -0.25) is 9.69 Å². The normalized spacial score (nSPS) is 18.1. The van der Waals surface area contributed by atoms with E-state index in [9.17, 15) is 4.79 Å². The third-order valence-corrected chi connectivity index (χ3v) is 5.83. The highest BCUT2D eigenvalue weighted by atomic mass is 16.5. The van der Waals surface area contributed by atoms with Gasteiger partial charge in [0.1, 0.15) is 5.75 Å². The molecule has 0 N–H and O–H groups in total. The molecule has 0 saturated carbocycles. The molecule has 0 radical (unpaired) electrons. The predicted molar refractivity (Wildman–Crippen MR) is 103 cm³/mol. The monoisotopic (exact) mass is 367 g/mol. The van der Waals surface area contributed by atoms with Crippen molar-refractivity contribution in [3.63, 3.8) is 0 Å². The maximum absolute atomic E-state index is 12.3. The molecule has 2 heterocycles. The molecule has 0 saturated heterocycles. The van der Waals surface area contributed by atoms with Crippen molar-refractivity contribution in [3.8, 4) is 17.2 Å². The van der Waals surface area contributed by atoms with Gasteiger partial charge in [0.2, 0.25) is 0 Å². The number of carbonyl (C=O) groups is 1. The van der Waals surface area contributed by atoms with Crippen LogP contribution in [-0.4, -0.2) is 38.6 Å². The number of hydrogen-bond donors (Lipinski definition) is 0. The number of hydrogen-bond acceptors (Lipinski definition) is 5. The summed E-state index contributed by atoms with van der Waals surface area (Å²) in [4.78, 5) is 14.7. The number of rotatable bonds is 4. The van der Waals surface area contributed by atoms with Crippen LogP contribution in [0, 0.1) is 0 Å². The number of nitrogens with zero attached hydrogens (tertiary/aromatic N) is 1. The summed E-state index contributed by atoms with van der Waals surface area (Å²) >= 11 is 0. The molecule has 142 valence electrons. The van der Waals surface area contributed by atoms with E-state index >= 15 is 0 Å². The fraction of sp³-hybridized carbons (Fsp3) is 0.409. The first kappa shape index (κ1) is 17.9. The van der Waals surface area contributed by atoms with Crippen LogP contribution in [0.5, 0.6) is 17.2 Å². The smallest absolute Gasteiger partial charge is 0.163 e. The van der Waals surface area contributed by atoms with Crippen LogP contribution in [-0.2, 0) is 19.4 Å². The van der Waals surface area contributed by atoms with Gasteiger partial charge < -0.3 is 14.2 Å². The first-order chi connectivity index (χ1) is 13.1. The predicted octanol–water partition coefficient (Wildman–Crippen LogP) is 3.57. The minimum absolute atomic E-state index is 0.0611. The van der Waals surface area contributed by atoms with Gasteiger partial charge in [-0.05, 0) is 60.2 Å². The fourth-order valence-corrected chi connectivity index (χ4v) is 4.52. The molecule has 2 aliphatic rings. The van der Waals surface area contributed by atoms with Crippen molar-refractivity contribution in [2.75, 3.05) is 27.9 Å². The molecule has 2 aromatic carbocycles. The Morgan fingerprint density at radius 1 is 1.00 bits per heavy atom. The van der Waals surface area contributed by atoms with Gasteiger partial charge in [0.25, 0.3) is 0 Å². The van der Waals surface area contributed by atoms with E-state index in [1.165, 1.54) is 16.7 Å². The largest absolute Gasteiger partial charge is 0.496 e. The Morgan fingerprint density at radius 2 is 1.70 bits per heavy atom. The Bertz CT molecular complexity index is 906. The Labute approximate surface area is 159 Å². The molecule has 2 aromatic rings. The third kappa shape index (κ3) is 2.86. The van der Waals surface area contributed by atoms with Crippen LogP contribution in [0.15, 0.2) is 24.3 Å². The fourth-order valence-electron chi connectivity index (χ4n) is 4.52. The van der Waals surface area contributed by atoms with Gasteiger partial charge in [-0.1, -0.05) is 6.07 Å². The summed E-state index contributed by atoms with van der Waals surface area (Å²) in [6.45, 7) is 3.34. The van der Waals surface area contributed by atoms with Crippen molar-refractivity contribution < 1.29 is 19.0 Å². The molecule has 0 bridgehead atoms. The summed E-state index contributed by atoms with van der Waals surface area (Å²) in [5.74, 6) is 2.28. The molecule has 0 amide bonds. The highest BCUT2D eigenvalue weighted by molar-refractivity contribution is 5.98. The van der Waals surface area contributed by atoms with E-state index in [0.717, 1.165) is 48.6 Å². The van der Waals surface area contributed by atoms with Crippen molar-refractivity contribution in [2.45, 2.75) is 32.4 Å². The maximum Gasteiger partial charge on any atom is 0.163 e. The van der Waals surface area contributed by atoms with Crippen LogP contribution in [0.4, 0.5) is 0 Å². The van der Waals surface area contributed by atoms with Gasteiger partial charge >= 0.3 is 0 Å². The van der Waals surface area contributed by atoms with Crippen molar-refractivity contribution in [1.82, 2.24) is 4.90 Å². The lowest BCUT2D eigenvalue weighted by molar-refractivity contribution is 0.100. The maximum atomic E-state index is 12.3. The lowest BCUT2D eigenvalue weighted by Gasteiger charge is -2.42. The summed E-state index contributed by atoms with van der Waals surface area (Å²) in [6.07, 6.45) is 1.84. The SMILES string of the molecule is COc1cc2c(cc1OC)[C@@H]1Cc3ccc(OC)c(C(C)=O)c3CN1CC2. The topological polar surface area (TPSA) is 48.0 Å². The van der Waals surface area contributed by atoms with Crippen LogP contribution >= 0.6 is 0 Å². The molecule has 0 spiro atoms.